The molecule has 0 aliphatic carbocycles. The Hall–Kier alpha value is -0.960. The Kier molecular flexibility index (Phi) is 6.01. The van der Waals surface area contributed by atoms with Crippen LogP contribution in [0, 0.1) is 0 Å². The summed E-state index contributed by atoms with van der Waals surface area (Å²) in [5.41, 5.74) is 6.21. The third kappa shape index (κ3) is 5.21. The van der Waals surface area contributed by atoms with Crippen LogP contribution >= 0.6 is 11.6 Å². The normalized spacial score (nSPS) is 10.4. The first-order valence-corrected chi connectivity index (χ1v) is 6.16. The smallest absolute Gasteiger partial charge is 0.216 e. The molecule has 0 radical (unpaired) electrons. The van der Waals surface area contributed by atoms with Crippen LogP contribution in [0.25, 0.3) is 0 Å². The molecule has 0 atom stereocenters. The van der Waals surface area contributed by atoms with Crippen LogP contribution in [0.5, 0.6) is 5.88 Å². The molecular formula is C12H19ClN2O. The Morgan fingerprint density at radius 1 is 1.25 bits per heavy atom. The summed E-state index contributed by atoms with van der Waals surface area (Å²) in [6.45, 7) is 2.88. The number of hydrogen-bond donors (Lipinski definition) is 1. The van der Waals surface area contributed by atoms with Gasteiger partial charge < -0.3 is 10.5 Å². The lowest BCUT2D eigenvalue weighted by atomic mass is 10.2. The van der Waals surface area contributed by atoms with E-state index in [1.165, 1.54) is 25.7 Å². The largest absolute Gasteiger partial charge is 0.478 e. The van der Waals surface area contributed by atoms with Crippen molar-refractivity contribution in [2.24, 2.45) is 0 Å². The van der Waals surface area contributed by atoms with Crippen molar-refractivity contribution < 1.29 is 4.74 Å². The van der Waals surface area contributed by atoms with Gasteiger partial charge in [0.1, 0.15) is 5.15 Å². The molecule has 0 aliphatic heterocycles. The van der Waals surface area contributed by atoms with E-state index in [0.29, 0.717) is 23.3 Å². The molecule has 90 valence electrons. The molecule has 0 spiro atoms. The van der Waals surface area contributed by atoms with E-state index in [9.17, 15) is 0 Å². The number of anilines is 1. The minimum atomic E-state index is 0.376. The zero-order valence-corrected chi connectivity index (χ0v) is 10.5. The second-order valence-corrected chi connectivity index (χ2v) is 4.21. The minimum absolute atomic E-state index is 0.376. The Morgan fingerprint density at radius 2 is 2.00 bits per heavy atom. The van der Waals surface area contributed by atoms with Crippen molar-refractivity contribution in [3.8, 4) is 5.88 Å². The highest BCUT2D eigenvalue weighted by Crippen LogP contribution is 2.17. The predicted octanol–water partition coefficient (Wildman–Crippen LogP) is 3.67. The maximum absolute atomic E-state index is 5.76. The molecule has 1 rings (SSSR count). The van der Waals surface area contributed by atoms with Crippen molar-refractivity contribution in [2.45, 2.75) is 39.0 Å². The van der Waals surface area contributed by atoms with Crippen molar-refractivity contribution >= 4 is 17.3 Å². The summed E-state index contributed by atoms with van der Waals surface area (Å²) in [5.74, 6) is 0.514. The molecule has 2 N–H and O–H groups in total. The maximum atomic E-state index is 5.76. The van der Waals surface area contributed by atoms with E-state index in [4.69, 9.17) is 22.1 Å². The van der Waals surface area contributed by atoms with E-state index >= 15 is 0 Å². The molecule has 3 nitrogen and oxygen atoms in total. The van der Waals surface area contributed by atoms with Gasteiger partial charge in [-0.15, -0.1) is 0 Å². The summed E-state index contributed by atoms with van der Waals surface area (Å²) in [4.78, 5) is 4.03. The van der Waals surface area contributed by atoms with E-state index in [2.05, 4.69) is 11.9 Å². The lowest BCUT2D eigenvalue weighted by Gasteiger charge is -2.06. The molecule has 4 heteroatoms. The van der Waals surface area contributed by atoms with Crippen LogP contribution in [0.3, 0.4) is 0 Å². The average Bonchev–Trinajstić information content (AvgIpc) is 2.22. The molecule has 0 amide bonds. The summed E-state index contributed by atoms with van der Waals surface area (Å²) >= 11 is 5.76. The molecule has 0 aliphatic rings. The summed E-state index contributed by atoms with van der Waals surface area (Å²) in [7, 11) is 0. The number of nitrogens with zero attached hydrogens (tertiary/aromatic N) is 1. The fourth-order valence-electron chi connectivity index (χ4n) is 1.45. The molecule has 0 saturated heterocycles. The highest BCUT2D eigenvalue weighted by atomic mass is 35.5. The van der Waals surface area contributed by atoms with E-state index in [1.54, 1.807) is 12.1 Å². The second kappa shape index (κ2) is 7.34. The van der Waals surface area contributed by atoms with Crippen LogP contribution in [-0.2, 0) is 0 Å². The fourth-order valence-corrected chi connectivity index (χ4v) is 1.66. The van der Waals surface area contributed by atoms with Gasteiger partial charge in [0, 0.05) is 11.8 Å². The Morgan fingerprint density at radius 3 is 2.69 bits per heavy atom. The lowest BCUT2D eigenvalue weighted by Crippen LogP contribution is -2.00. The third-order valence-electron chi connectivity index (χ3n) is 2.29. The molecule has 0 saturated carbocycles. The minimum Gasteiger partial charge on any atom is -0.478 e. The van der Waals surface area contributed by atoms with Gasteiger partial charge in [0.2, 0.25) is 5.88 Å². The average molecular weight is 243 g/mol. The van der Waals surface area contributed by atoms with Gasteiger partial charge in [-0.3, -0.25) is 0 Å². The number of rotatable bonds is 7. The predicted molar refractivity (Wildman–Crippen MR) is 67.9 cm³/mol. The quantitative estimate of drug-likeness (QED) is 0.586. The van der Waals surface area contributed by atoms with Crippen LogP contribution in [0.4, 0.5) is 5.69 Å². The Labute approximate surface area is 102 Å². The summed E-state index contributed by atoms with van der Waals surface area (Å²) in [6.07, 6.45) is 6.07. The molecule has 1 aromatic heterocycles. The SMILES string of the molecule is CCCCCCCOc1cc(N)cc(Cl)n1. The molecule has 0 unspecified atom stereocenters. The number of nitrogen functional groups attached to an aromatic ring is 1. The Bertz CT molecular complexity index is 298. The van der Waals surface area contributed by atoms with E-state index in [0.717, 1.165) is 6.42 Å². The van der Waals surface area contributed by atoms with Crippen LogP contribution < -0.4 is 10.5 Å². The first kappa shape index (κ1) is 13.1. The topological polar surface area (TPSA) is 48.1 Å². The lowest BCUT2D eigenvalue weighted by molar-refractivity contribution is 0.293. The molecular weight excluding hydrogens is 224 g/mol. The maximum Gasteiger partial charge on any atom is 0.216 e. The molecule has 0 bridgehead atoms. The number of pyridine rings is 1. The van der Waals surface area contributed by atoms with E-state index in [1.807, 2.05) is 0 Å². The fraction of sp³-hybridized carbons (Fsp3) is 0.583. The van der Waals surface area contributed by atoms with E-state index < -0.39 is 0 Å². The van der Waals surface area contributed by atoms with Gasteiger partial charge in [0.15, 0.2) is 0 Å². The number of unbranched alkanes of at least 4 members (excludes halogenated alkanes) is 4. The zero-order valence-electron chi connectivity index (χ0n) is 9.71. The van der Waals surface area contributed by atoms with Gasteiger partial charge in [-0.25, -0.2) is 4.98 Å². The van der Waals surface area contributed by atoms with Crippen molar-refractivity contribution in [3.05, 3.63) is 17.3 Å². The second-order valence-electron chi connectivity index (χ2n) is 3.82. The third-order valence-corrected chi connectivity index (χ3v) is 2.48. The van der Waals surface area contributed by atoms with Crippen LogP contribution in [0.1, 0.15) is 39.0 Å². The number of nitrogens with two attached hydrogens (primary N) is 1. The molecule has 1 heterocycles. The van der Waals surface area contributed by atoms with Crippen LogP contribution in [-0.4, -0.2) is 11.6 Å². The zero-order chi connectivity index (χ0) is 11.8. The number of halogens is 1. The van der Waals surface area contributed by atoms with Gasteiger partial charge in [0.25, 0.3) is 0 Å². The number of aromatic nitrogens is 1. The van der Waals surface area contributed by atoms with Gasteiger partial charge in [-0.2, -0.15) is 0 Å². The number of hydrogen-bond acceptors (Lipinski definition) is 3. The van der Waals surface area contributed by atoms with Crippen LogP contribution in [0.2, 0.25) is 5.15 Å². The number of ether oxygens (including phenoxy) is 1. The van der Waals surface area contributed by atoms with Crippen molar-refractivity contribution in [3.63, 3.8) is 0 Å². The first-order chi connectivity index (χ1) is 7.72. The molecule has 1 aromatic rings. The van der Waals surface area contributed by atoms with Crippen LogP contribution in [0.15, 0.2) is 12.1 Å². The van der Waals surface area contributed by atoms with Gasteiger partial charge in [0.05, 0.1) is 6.61 Å². The molecule has 16 heavy (non-hydrogen) atoms. The summed E-state index contributed by atoms with van der Waals surface area (Å²) in [5, 5.41) is 0.376. The monoisotopic (exact) mass is 242 g/mol. The Balaban J connectivity index is 2.21. The van der Waals surface area contributed by atoms with Crippen molar-refractivity contribution in [1.29, 1.82) is 0 Å². The van der Waals surface area contributed by atoms with Crippen molar-refractivity contribution in [1.82, 2.24) is 4.98 Å². The van der Waals surface area contributed by atoms with E-state index in [-0.39, 0.29) is 0 Å². The van der Waals surface area contributed by atoms with Crippen molar-refractivity contribution in [2.75, 3.05) is 12.3 Å². The summed E-state index contributed by atoms with van der Waals surface area (Å²) in [6, 6.07) is 3.30. The first-order valence-electron chi connectivity index (χ1n) is 5.78. The van der Waals surface area contributed by atoms with Gasteiger partial charge in [-0.1, -0.05) is 44.2 Å². The standard InChI is InChI=1S/C12H19ClN2O/c1-2-3-4-5-6-7-16-12-9-10(14)8-11(13)15-12/h8-9H,2-7H2,1H3,(H2,14,15). The molecule has 0 fully saturated rings. The van der Waals surface area contributed by atoms with Gasteiger partial charge in [-0.05, 0) is 12.5 Å². The highest BCUT2D eigenvalue weighted by molar-refractivity contribution is 6.29. The van der Waals surface area contributed by atoms with Gasteiger partial charge >= 0.3 is 0 Å². The molecule has 0 aromatic carbocycles. The highest BCUT2D eigenvalue weighted by Gasteiger charge is 1.99. The summed E-state index contributed by atoms with van der Waals surface area (Å²) < 4.78 is 5.47.